The fourth-order valence-electron chi connectivity index (χ4n) is 5.33. The van der Waals surface area contributed by atoms with Crippen LogP contribution in [0.15, 0.2) is 35.3 Å². The molecule has 2 aliphatic carbocycles. The van der Waals surface area contributed by atoms with Gasteiger partial charge in [0, 0.05) is 11.3 Å². The van der Waals surface area contributed by atoms with Gasteiger partial charge in [0.2, 0.25) is 0 Å². The minimum atomic E-state index is -3.01. The maximum atomic E-state index is 12.5. The van der Waals surface area contributed by atoms with Gasteiger partial charge in [-0.25, -0.2) is 8.42 Å². The summed E-state index contributed by atoms with van der Waals surface area (Å²) in [6, 6.07) is 9.51. The second-order valence-electron chi connectivity index (χ2n) is 8.34. The number of carbonyl (C=O) groups is 1. The third-order valence-corrected chi connectivity index (χ3v) is 9.71. The lowest BCUT2D eigenvalue weighted by Gasteiger charge is -2.36. The molecule has 8 heteroatoms. The number of fused-ring (bicyclic) bond motifs is 3. The van der Waals surface area contributed by atoms with Crippen molar-refractivity contribution in [3.05, 3.63) is 30.3 Å². The Morgan fingerprint density at radius 2 is 1.96 bits per heavy atom. The first-order valence-electron chi connectivity index (χ1n) is 9.93. The highest BCUT2D eigenvalue weighted by molar-refractivity contribution is 8.15. The second-order valence-corrected chi connectivity index (χ2v) is 11.7. The van der Waals surface area contributed by atoms with Crippen molar-refractivity contribution in [2.45, 2.75) is 43.0 Å². The SMILES string of the molecule is O=C(COc1ccccc1)N=C1S[C@@H]2CS(=O)(=O)C[C@H]2N1[C@H]1C[C@H]2CC[C@H]1C2. The number of sulfone groups is 1. The van der Waals surface area contributed by atoms with Crippen LogP contribution in [0.2, 0.25) is 0 Å². The van der Waals surface area contributed by atoms with Gasteiger partial charge in [0.05, 0.1) is 17.5 Å². The predicted octanol–water partition coefficient (Wildman–Crippen LogP) is 2.35. The molecule has 0 N–H and O–H groups in total. The topological polar surface area (TPSA) is 76.0 Å². The van der Waals surface area contributed by atoms with E-state index in [4.69, 9.17) is 4.74 Å². The van der Waals surface area contributed by atoms with Gasteiger partial charge in [-0.15, -0.1) is 0 Å². The van der Waals surface area contributed by atoms with Crippen molar-refractivity contribution >= 4 is 32.7 Å². The number of para-hydroxylation sites is 1. The first-order chi connectivity index (χ1) is 13.5. The van der Waals surface area contributed by atoms with Crippen LogP contribution in [0, 0.1) is 11.8 Å². The van der Waals surface area contributed by atoms with Crippen LogP contribution in [-0.2, 0) is 14.6 Å². The molecular formula is C20H24N2O4S2. The normalized spacial score (nSPS) is 36.8. The molecule has 0 unspecified atom stereocenters. The lowest BCUT2D eigenvalue weighted by Crippen LogP contribution is -2.47. The summed E-state index contributed by atoms with van der Waals surface area (Å²) in [7, 11) is -3.01. The number of ether oxygens (including phenoxy) is 1. The van der Waals surface area contributed by atoms with Crippen LogP contribution in [0.5, 0.6) is 5.75 Å². The van der Waals surface area contributed by atoms with Crippen LogP contribution in [0.25, 0.3) is 0 Å². The fourth-order valence-corrected chi connectivity index (χ4v) is 9.32. The van der Waals surface area contributed by atoms with E-state index >= 15 is 0 Å². The molecule has 2 saturated carbocycles. The maximum absolute atomic E-state index is 12.5. The summed E-state index contributed by atoms with van der Waals surface area (Å²) < 4.78 is 29.9. The number of benzene rings is 1. The summed E-state index contributed by atoms with van der Waals surface area (Å²) in [5.41, 5.74) is 0. The van der Waals surface area contributed by atoms with Gasteiger partial charge >= 0.3 is 0 Å². The molecule has 2 bridgehead atoms. The second kappa shape index (κ2) is 7.06. The van der Waals surface area contributed by atoms with Crippen LogP contribution in [0.1, 0.15) is 25.7 Å². The largest absolute Gasteiger partial charge is 0.484 e. The Bertz CT molecular complexity index is 902. The summed E-state index contributed by atoms with van der Waals surface area (Å²) in [5, 5.41) is 0.704. The number of carbonyl (C=O) groups excluding carboxylic acids is 1. The molecule has 150 valence electrons. The van der Waals surface area contributed by atoms with E-state index in [0.29, 0.717) is 22.9 Å². The van der Waals surface area contributed by atoms with Crippen molar-refractivity contribution in [3.8, 4) is 5.75 Å². The summed E-state index contributed by atoms with van der Waals surface area (Å²) in [6.45, 7) is -0.105. The zero-order chi connectivity index (χ0) is 19.3. The molecule has 0 radical (unpaired) electrons. The van der Waals surface area contributed by atoms with Crippen molar-refractivity contribution in [2.75, 3.05) is 18.1 Å². The van der Waals surface area contributed by atoms with E-state index < -0.39 is 9.84 Å². The molecule has 0 aromatic heterocycles. The van der Waals surface area contributed by atoms with E-state index in [1.54, 1.807) is 0 Å². The van der Waals surface area contributed by atoms with Gasteiger partial charge in [0.15, 0.2) is 21.6 Å². The van der Waals surface area contributed by atoms with Gasteiger partial charge in [-0.3, -0.25) is 4.79 Å². The van der Waals surface area contributed by atoms with Crippen LogP contribution in [0.4, 0.5) is 0 Å². The molecule has 0 spiro atoms. The standard InChI is InChI=1S/C20H24N2O4S2/c23-19(10-26-15-4-2-1-3-5-15)21-20-22(16-9-13-6-7-14(16)8-13)17-11-28(24,25)12-18(17)27-20/h1-5,13-14,16-18H,6-12H2/t13-,14-,16-,17+,18+/m0/s1. The van der Waals surface area contributed by atoms with E-state index in [1.807, 2.05) is 30.3 Å². The molecule has 2 saturated heterocycles. The fraction of sp³-hybridized carbons (Fsp3) is 0.600. The zero-order valence-corrected chi connectivity index (χ0v) is 17.2. The first kappa shape index (κ1) is 18.5. The molecule has 28 heavy (non-hydrogen) atoms. The molecular weight excluding hydrogens is 396 g/mol. The quantitative estimate of drug-likeness (QED) is 0.744. The Morgan fingerprint density at radius 3 is 2.68 bits per heavy atom. The average Bonchev–Trinajstić information content (AvgIpc) is 3.40. The van der Waals surface area contributed by atoms with Crippen molar-refractivity contribution in [1.82, 2.24) is 4.90 Å². The Kier molecular flexibility index (Phi) is 4.66. The Morgan fingerprint density at radius 1 is 1.14 bits per heavy atom. The number of amides is 1. The van der Waals surface area contributed by atoms with Crippen molar-refractivity contribution < 1.29 is 17.9 Å². The van der Waals surface area contributed by atoms with Crippen LogP contribution in [0.3, 0.4) is 0 Å². The Hall–Kier alpha value is -1.54. The third-order valence-electron chi connectivity index (χ3n) is 6.49. The van der Waals surface area contributed by atoms with E-state index in [1.165, 1.54) is 31.0 Å². The molecule has 4 fully saturated rings. The number of rotatable bonds is 4. The molecule has 5 rings (SSSR count). The van der Waals surface area contributed by atoms with Crippen LogP contribution >= 0.6 is 11.8 Å². The molecule has 1 aromatic rings. The van der Waals surface area contributed by atoms with E-state index in [9.17, 15) is 13.2 Å². The van der Waals surface area contributed by atoms with Gasteiger partial charge in [-0.2, -0.15) is 4.99 Å². The molecule has 1 aromatic carbocycles. The highest BCUT2D eigenvalue weighted by Gasteiger charge is 2.54. The molecule has 2 heterocycles. The number of hydrogen-bond donors (Lipinski definition) is 0. The molecule has 6 nitrogen and oxygen atoms in total. The molecule has 5 atom stereocenters. The van der Waals surface area contributed by atoms with Gasteiger partial charge in [-0.1, -0.05) is 36.4 Å². The molecule has 4 aliphatic rings. The summed E-state index contributed by atoms with van der Waals surface area (Å²) in [4.78, 5) is 19.1. The maximum Gasteiger partial charge on any atom is 0.285 e. The van der Waals surface area contributed by atoms with Crippen molar-refractivity contribution in [2.24, 2.45) is 16.8 Å². The van der Waals surface area contributed by atoms with Gasteiger partial charge in [0.25, 0.3) is 5.91 Å². The molecule has 2 aliphatic heterocycles. The van der Waals surface area contributed by atoms with Crippen molar-refractivity contribution in [3.63, 3.8) is 0 Å². The van der Waals surface area contributed by atoms with Crippen molar-refractivity contribution in [1.29, 1.82) is 0 Å². The highest BCUT2D eigenvalue weighted by atomic mass is 32.2. The average molecular weight is 421 g/mol. The van der Waals surface area contributed by atoms with Gasteiger partial charge < -0.3 is 9.64 Å². The van der Waals surface area contributed by atoms with E-state index in [2.05, 4.69) is 9.89 Å². The summed E-state index contributed by atoms with van der Waals surface area (Å²) >= 11 is 1.48. The minimum Gasteiger partial charge on any atom is -0.484 e. The number of nitrogens with zero attached hydrogens (tertiary/aromatic N) is 2. The number of aliphatic imine (C=N–C) groups is 1. The van der Waals surface area contributed by atoms with Crippen LogP contribution < -0.4 is 4.74 Å². The van der Waals surface area contributed by atoms with E-state index in [-0.39, 0.29) is 35.3 Å². The Balaban J connectivity index is 1.35. The zero-order valence-electron chi connectivity index (χ0n) is 15.6. The predicted molar refractivity (Wildman–Crippen MR) is 109 cm³/mol. The summed E-state index contributed by atoms with van der Waals surface area (Å²) in [5.74, 6) is 2.05. The Labute approximate surface area is 169 Å². The number of hydrogen-bond acceptors (Lipinski definition) is 5. The highest BCUT2D eigenvalue weighted by Crippen LogP contribution is 2.51. The summed E-state index contributed by atoms with van der Waals surface area (Å²) in [6.07, 6.45) is 4.82. The lowest BCUT2D eigenvalue weighted by molar-refractivity contribution is -0.119. The third kappa shape index (κ3) is 3.45. The number of thioether (sulfide) groups is 1. The minimum absolute atomic E-state index is 0.00859. The smallest absolute Gasteiger partial charge is 0.285 e. The number of amidine groups is 1. The van der Waals surface area contributed by atoms with Gasteiger partial charge in [0.1, 0.15) is 5.75 Å². The van der Waals surface area contributed by atoms with Gasteiger partial charge in [-0.05, 0) is 43.2 Å². The van der Waals surface area contributed by atoms with Crippen LogP contribution in [-0.4, -0.2) is 59.8 Å². The monoisotopic (exact) mass is 420 g/mol. The molecule has 1 amide bonds. The first-order valence-corrected chi connectivity index (χ1v) is 12.6. The van der Waals surface area contributed by atoms with E-state index in [0.717, 1.165) is 12.3 Å². The lowest BCUT2D eigenvalue weighted by atomic mass is 9.93.